The Kier molecular flexibility index (Phi) is 4.38. The Balaban J connectivity index is 1.88. The predicted octanol–water partition coefficient (Wildman–Crippen LogP) is 2.91. The third-order valence-corrected chi connectivity index (χ3v) is 3.64. The van der Waals surface area contributed by atoms with Gasteiger partial charge in [-0.15, -0.1) is 11.3 Å². The summed E-state index contributed by atoms with van der Waals surface area (Å²) in [4.78, 5) is 11.7. The largest absolute Gasteiger partial charge is 0.370 e. The molecule has 0 radical (unpaired) electrons. The maximum Gasteiger partial charge on any atom is 0.226 e. The lowest BCUT2D eigenvalue weighted by molar-refractivity contribution is 0.976. The molecule has 6 heteroatoms. The van der Waals surface area contributed by atoms with Crippen molar-refractivity contribution in [1.82, 2.24) is 9.97 Å². The van der Waals surface area contributed by atoms with Crippen LogP contribution in [0, 0.1) is 0 Å². The Morgan fingerprint density at radius 2 is 2.17 bits per heavy atom. The Bertz CT molecular complexity index is 512. The van der Waals surface area contributed by atoms with E-state index in [0.29, 0.717) is 5.95 Å². The van der Waals surface area contributed by atoms with Crippen molar-refractivity contribution in [2.75, 3.05) is 30.9 Å². The minimum Gasteiger partial charge on any atom is -0.370 e. The van der Waals surface area contributed by atoms with Gasteiger partial charge in [-0.05, 0) is 24.6 Å². The van der Waals surface area contributed by atoms with Gasteiger partial charge in [-0.1, -0.05) is 11.6 Å². The first kappa shape index (κ1) is 13.1. The molecule has 0 unspecified atom stereocenters. The zero-order chi connectivity index (χ0) is 13.0. The van der Waals surface area contributed by atoms with Gasteiger partial charge in [-0.3, -0.25) is 0 Å². The summed E-state index contributed by atoms with van der Waals surface area (Å²) < 4.78 is 0.835. The molecule has 0 aromatic carbocycles. The second kappa shape index (κ2) is 6.02. The topological polar surface area (TPSA) is 41.1 Å². The van der Waals surface area contributed by atoms with Crippen LogP contribution in [0.4, 0.5) is 11.8 Å². The molecule has 0 saturated heterocycles. The van der Waals surface area contributed by atoms with E-state index < -0.39 is 0 Å². The van der Waals surface area contributed by atoms with Crippen molar-refractivity contribution >= 4 is 34.7 Å². The number of rotatable bonds is 5. The first-order chi connectivity index (χ1) is 8.65. The molecule has 0 aliphatic rings. The lowest BCUT2D eigenvalue weighted by Crippen LogP contribution is -2.14. The van der Waals surface area contributed by atoms with Gasteiger partial charge in [-0.25, -0.2) is 4.98 Å². The quantitative estimate of drug-likeness (QED) is 0.915. The van der Waals surface area contributed by atoms with E-state index >= 15 is 0 Å². The molecule has 2 rings (SSSR count). The summed E-state index contributed by atoms with van der Waals surface area (Å²) in [6.07, 6.45) is 2.70. The van der Waals surface area contributed by atoms with Crippen molar-refractivity contribution in [3.63, 3.8) is 0 Å². The maximum atomic E-state index is 5.88. The Labute approximate surface area is 116 Å². The van der Waals surface area contributed by atoms with E-state index in [-0.39, 0.29) is 0 Å². The minimum atomic E-state index is 0.708. The molecule has 2 aromatic heterocycles. The molecule has 18 heavy (non-hydrogen) atoms. The minimum absolute atomic E-state index is 0.708. The smallest absolute Gasteiger partial charge is 0.226 e. The van der Waals surface area contributed by atoms with Crippen molar-refractivity contribution < 1.29 is 0 Å². The van der Waals surface area contributed by atoms with Crippen LogP contribution in [0.25, 0.3) is 0 Å². The molecular formula is C12H15ClN4S. The van der Waals surface area contributed by atoms with Crippen LogP contribution in [0.15, 0.2) is 24.4 Å². The summed E-state index contributed by atoms with van der Waals surface area (Å²) in [7, 11) is 3.85. The summed E-state index contributed by atoms with van der Waals surface area (Å²) in [5, 5.41) is 3.28. The van der Waals surface area contributed by atoms with Crippen LogP contribution >= 0.6 is 22.9 Å². The van der Waals surface area contributed by atoms with Crippen LogP contribution in [-0.4, -0.2) is 30.6 Å². The molecule has 4 nitrogen and oxygen atoms in total. The fourth-order valence-corrected chi connectivity index (χ4v) is 2.55. The van der Waals surface area contributed by atoms with E-state index in [2.05, 4.69) is 21.4 Å². The third-order valence-electron chi connectivity index (χ3n) is 2.35. The molecule has 0 amide bonds. The van der Waals surface area contributed by atoms with Crippen molar-refractivity contribution in [1.29, 1.82) is 0 Å². The van der Waals surface area contributed by atoms with Crippen LogP contribution in [0.2, 0.25) is 4.34 Å². The molecule has 0 spiro atoms. The average molecular weight is 283 g/mol. The van der Waals surface area contributed by atoms with Crippen LogP contribution in [0.3, 0.4) is 0 Å². The van der Waals surface area contributed by atoms with Gasteiger partial charge >= 0.3 is 0 Å². The van der Waals surface area contributed by atoms with Crippen LogP contribution in [-0.2, 0) is 6.42 Å². The average Bonchev–Trinajstić information content (AvgIpc) is 2.75. The number of aromatic nitrogens is 2. The summed E-state index contributed by atoms with van der Waals surface area (Å²) in [5.41, 5.74) is 0. The highest BCUT2D eigenvalue weighted by Gasteiger charge is 2.01. The highest BCUT2D eigenvalue weighted by molar-refractivity contribution is 7.16. The molecule has 96 valence electrons. The van der Waals surface area contributed by atoms with Crippen LogP contribution in [0.5, 0.6) is 0 Å². The normalized spacial score (nSPS) is 10.4. The van der Waals surface area contributed by atoms with Crippen molar-refractivity contribution in [2.45, 2.75) is 6.42 Å². The van der Waals surface area contributed by atoms with E-state index in [0.717, 1.165) is 23.1 Å². The summed E-state index contributed by atoms with van der Waals surface area (Å²) in [5.74, 6) is 1.55. The van der Waals surface area contributed by atoms with E-state index in [1.807, 2.05) is 31.1 Å². The molecule has 0 atom stereocenters. The standard InChI is InChI=1S/C12H15ClN4S/c1-17(2)12-15-8-6-11(16-12)14-7-5-9-3-4-10(13)18-9/h3-4,6,8H,5,7H2,1-2H3,(H,14,15,16). The second-order valence-electron chi connectivity index (χ2n) is 4.02. The zero-order valence-corrected chi connectivity index (χ0v) is 11.9. The van der Waals surface area contributed by atoms with Crippen molar-refractivity contribution in [3.05, 3.63) is 33.6 Å². The monoisotopic (exact) mass is 282 g/mol. The summed E-state index contributed by atoms with van der Waals surface area (Å²) >= 11 is 7.50. The van der Waals surface area contributed by atoms with Gasteiger partial charge in [-0.2, -0.15) is 4.98 Å². The van der Waals surface area contributed by atoms with Gasteiger partial charge in [0.05, 0.1) is 4.34 Å². The van der Waals surface area contributed by atoms with E-state index in [1.54, 1.807) is 17.5 Å². The van der Waals surface area contributed by atoms with E-state index in [4.69, 9.17) is 11.6 Å². The number of thiophene rings is 1. The predicted molar refractivity (Wildman–Crippen MR) is 77.9 cm³/mol. The van der Waals surface area contributed by atoms with Gasteiger partial charge < -0.3 is 10.2 Å². The molecule has 2 aromatic rings. The van der Waals surface area contributed by atoms with E-state index in [1.165, 1.54) is 4.88 Å². The fourth-order valence-electron chi connectivity index (χ4n) is 1.46. The highest BCUT2D eigenvalue weighted by Crippen LogP contribution is 2.21. The fraction of sp³-hybridized carbons (Fsp3) is 0.333. The Morgan fingerprint density at radius 1 is 1.33 bits per heavy atom. The van der Waals surface area contributed by atoms with Gasteiger partial charge in [0.1, 0.15) is 5.82 Å². The number of hydrogen-bond donors (Lipinski definition) is 1. The van der Waals surface area contributed by atoms with E-state index in [9.17, 15) is 0 Å². The first-order valence-electron chi connectivity index (χ1n) is 5.63. The second-order valence-corrected chi connectivity index (χ2v) is 5.82. The molecular weight excluding hydrogens is 268 g/mol. The molecule has 0 saturated carbocycles. The van der Waals surface area contributed by atoms with Crippen LogP contribution in [0.1, 0.15) is 4.88 Å². The van der Waals surface area contributed by atoms with Crippen molar-refractivity contribution in [3.8, 4) is 0 Å². The maximum absolute atomic E-state index is 5.88. The van der Waals surface area contributed by atoms with Gasteiger partial charge in [0.2, 0.25) is 5.95 Å². The lowest BCUT2D eigenvalue weighted by Gasteiger charge is -2.11. The molecule has 0 aliphatic heterocycles. The van der Waals surface area contributed by atoms with Gasteiger partial charge in [0.15, 0.2) is 0 Å². The number of halogens is 1. The molecule has 0 bridgehead atoms. The number of nitrogens with zero attached hydrogens (tertiary/aromatic N) is 3. The van der Waals surface area contributed by atoms with Crippen LogP contribution < -0.4 is 10.2 Å². The summed E-state index contributed by atoms with van der Waals surface area (Å²) in [6.45, 7) is 0.834. The number of anilines is 2. The molecule has 0 aliphatic carbocycles. The Morgan fingerprint density at radius 3 is 2.83 bits per heavy atom. The third kappa shape index (κ3) is 3.58. The highest BCUT2D eigenvalue weighted by atomic mass is 35.5. The SMILES string of the molecule is CN(C)c1nccc(NCCc2ccc(Cl)s2)n1. The molecule has 0 fully saturated rings. The molecule has 2 heterocycles. The zero-order valence-electron chi connectivity index (χ0n) is 10.4. The number of hydrogen-bond acceptors (Lipinski definition) is 5. The van der Waals surface area contributed by atoms with Gasteiger partial charge in [0.25, 0.3) is 0 Å². The van der Waals surface area contributed by atoms with Gasteiger partial charge in [0, 0.05) is 31.7 Å². The number of nitrogens with one attached hydrogen (secondary N) is 1. The Hall–Kier alpha value is -1.33. The lowest BCUT2D eigenvalue weighted by atomic mass is 10.3. The summed E-state index contributed by atoms with van der Waals surface area (Å²) in [6, 6.07) is 5.85. The first-order valence-corrected chi connectivity index (χ1v) is 6.83. The molecule has 1 N–H and O–H groups in total. The van der Waals surface area contributed by atoms with Crippen molar-refractivity contribution in [2.24, 2.45) is 0 Å².